The lowest BCUT2D eigenvalue weighted by molar-refractivity contribution is 0.102. The van der Waals surface area contributed by atoms with Gasteiger partial charge in [-0.05, 0) is 48.9 Å². The third kappa shape index (κ3) is 2.66. The Bertz CT molecular complexity index is 596. The Hall–Kier alpha value is -2.36. The number of nitrogens with two attached hydrogens (primary N) is 1. The first-order valence-electron chi connectivity index (χ1n) is 5.49. The van der Waals surface area contributed by atoms with Crippen LogP contribution >= 0.6 is 0 Å². The van der Waals surface area contributed by atoms with Crippen molar-refractivity contribution in [2.75, 3.05) is 11.1 Å². The molecule has 3 N–H and O–H groups in total. The van der Waals surface area contributed by atoms with E-state index in [9.17, 15) is 9.18 Å². The van der Waals surface area contributed by atoms with Crippen LogP contribution in [-0.2, 0) is 0 Å². The molecule has 0 radical (unpaired) electrons. The third-order valence-electron chi connectivity index (χ3n) is 2.56. The van der Waals surface area contributed by atoms with Gasteiger partial charge in [0, 0.05) is 16.9 Å². The standard InChI is InChI=1S/C14H13FN2O/c1-9-7-10(5-6-13(9)15)14(18)17-12-4-2-3-11(16)8-12/h2-8H,16H2,1H3,(H,17,18). The van der Waals surface area contributed by atoms with E-state index >= 15 is 0 Å². The van der Waals surface area contributed by atoms with Gasteiger partial charge in [0.15, 0.2) is 0 Å². The molecule has 0 unspecified atom stereocenters. The molecule has 0 spiro atoms. The Morgan fingerprint density at radius 1 is 1.22 bits per heavy atom. The minimum Gasteiger partial charge on any atom is -0.399 e. The van der Waals surface area contributed by atoms with Crippen molar-refractivity contribution in [2.24, 2.45) is 0 Å². The SMILES string of the molecule is Cc1cc(C(=O)Nc2cccc(N)c2)ccc1F. The molecule has 1 amide bonds. The number of carbonyl (C=O) groups is 1. The van der Waals surface area contributed by atoms with E-state index in [0.717, 1.165) is 0 Å². The highest BCUT2D eigenvalue weighted by Crippen LogP contribution is 2.14. The van der Waals surface area contributed by atoms with Crippen molar-refractivity contribution in [1.82, 2.24) is 0 Å². The van der Waals surface area contributed by atoms with Gasteiger partial charge in [0.1, 0.15) is 5.82 Å². The summed E-state index contributed by atoms with van der Waals surface area (Å²) < 4.78 is 13.1. The van der Waals surface area contributed by atoms with Gasteiger partial charge >= 0.3 is 0 Å². The summed E-state index contributed by atoms with van der Waals surface area (Å²) in [6.07, 6.45) is 0. The molecule has 0 aliphatic heterocycles. The Labute approximate surface area is 104 Å². The summed E-state index contributed by atoms with van der Waals surface area (Å²) in [6.45, 7) is 1.62. The lowest BCUT2D eigenvalue weighted by Crippen LogP contribution is -2.12. The highest BCUT2D eigenvalue weighted by atomic mass is 19.1. The number of aryl methyl sites for hydroxylation is 1. The number of benzene rings is 2. The zero-order valence-corrected chi connectivity index (χ0v) is 9.91. The minimum absolute atomic E-state index is 0.288. The Morgan fingerprint density at radius 3 is 2.67 bits per heavy atom. The van der Waals surface area contributed by atoms with Crippen molar-refractivity contribution in [3.63, 3.8) is 0 Å². The Balaban J connectivity index is 2.19. The van der Waals surface area contributed by atoms with Crippen molar-refractivity contribution in [1.29, 1.82) is 0 Å². The maximum absolute atomic E-state index is 13.1. The number of amides is 1. The molecule has 0 saturated heterocycles. The van der Waals surface area contributed by atoms with Gasteiger partial charge in [-0.3, -0.25) is 4.79 Å². The molecular weight excluding hydrogens is 231 g/mol. The molecule has 0 saturated carbocycles. The second-order valence-corrected chi connectivity index (χ2v) is 4.04. The number of hydrogen-bond donors (Lipinski definition) is 2. The molecule has 3 nitrogen and oxygen atoms in total. The fourth-order valence-corrected chi connectivity index (χ4v) is 1.61. The molecule has 2 rings (SSSR count). The van der Waals surface area contributed by atoms with Crippen LogP contribution in [0.15, 0.2) is 42.5 Å². The highest BCUT2D eigenvalue weighted by molar-refractivity contribution is 6.04. The summed E-state index contributed by atoms with van der Waals surface area (Å²) in [7, 11) is 0. The first-order chi connectivity index (χ1) is 8.56. The second-order valence-electron chi connectivity index (χ2n) is 4.04. The molecule has 0 aliphatic carbocycles. The van der Waals surface area contributed by atoms with Crippen LogP contribution < -0.4 is 11.1 Å². The van der Waals surface area contributed by atoms with Crippen LogP contribution in [0.25, 0.3) is 0 Å². The number of hydrogen-bond acceptors (Lipinski definition) is 2. The maximum Gasteiger partial charge on any atom is 0.255 e. The van der Waals surface area contributed by atoms with Crippen LogP contribution in [0.1, 0.15) is 15.9 Å². The number of rotatable bonds is 2. The van der Waals surface area contributed by atoms with E-state index in [1.165, 1.54) is 18.2 Å². The Morgan fingerprint density at radius 2 is 2.00 bits per heavy atom. The van der Waals surface area contributed by atoms with Crippen LogP contribution in [0.4, 0.5) is 15.8 Å². The zero-order valence-electron chi connectivity index (χ0n) is 9.91. The summed E-state index contributed by atoms with van der Waals surface area (Å²) in [5, 5.41) is 2.70. The topological polar surface area (TPSA) is 55.1 Å². The minimum atomic E-state index is -0.324. The molecule has 0 fully saturated rings. The molecule has 2 aromatic carbocycles. The molecule has 0 heterocycles. The van der Waals surface area contributed by atoms with Gasteiger partial charge in [-0.15, -0.1) is 0 Å². The smallest absolute Gasteiger partial charge is 0.255 e. The molecule has 0 aliphatic rings. The summed E-state index contributed by atoms with van der Waals surface area (Å²) >= 11 is 0. The van der Waals surface area contributed by atoms with Crippen molar-refractivity contribution in [2.45, 2.75) is 6.92 Å². The zero-order chi connectivity index (χ0) is 13.1. The average Bonchev–Trinajstić information content (AvgIpc) is 2.32. The largest absolute Gasteiger partial charge is 0.399 e. The van der Waals surface area contributed by atoms with Crippen molar-refractivity contribution < 1.29 is 9.18 Å². The summed E-state index contributed by atoms with van der Waals surface area (Å²) in [5.74, 6) is -0.612. The number of halogens is 1. The third-order valence-corrected chi connectivity index (χ3v) is 2.56. The molecule has 18 heavy (non-hydrogen) atoms. The number of anilines is 2. The molecule has 0 bridgehead atoms. The summed E-state index contributed by atoms with van der Waals surface area (Å²) in [5.41, 5.74) is 7.65. The maximum atomic E-state index is 13.1. The van der Waals surface area contributed by atoms with Crippen LogP contribution in [0.5, 0.6) is 0 Å². The van der Waals surface area contributed by atoms with Crippen molar-refractivity contribution in [3.8, 4) is 0 Å². The van der Waals surface area contributed by atoms with E-state index in [-0.39, 0.29) is 11.7 Å². The Kier molecular flexibility index (Phi) is 3.28. The number of nitrogen functional groups attached to an aromatic ring is 1. The summed E-state index contributed by atoms with van der Waals surface area (Å²) in [6, 6.07) is 11.1. The van der Waals surface area contributed by atoms with Crippen LogP contribution in [0, 0.1) is 12.7 Å². The quantitative estimate of drug-likeness (QED) is 0.798. The van der Waals surface area contributed by atoms with Crippen molar-refractivity contribution in [3.05, 3.63) is 59.4 Å². The lowest BCUT2D eigenvalue weighted by atomic mass is 10.1. The van der Waals surface area contributed by atoms with Crippen LogP contribution in [0.3, 0.4) is 0 Å². The number of carbonyl (C=O) groups excluding carboxylic acids is 1. The van der Waals surface area contributed by atoms with Gasteiger partial charge in [0.25, 0.3) is 5.91 Å². The molecule has 2 aromatic rings. The number of nitrogens with one attached hydrogen (secondary N) is 1. The molecule has 0 atom stereocenters. The van der Waals surface area contributed by atoms with Gasteiger partial charge in [0.05, 0.1) is 0 Å². The van der Waals surface area contributed by atoms with Crippen molar-refractivity contribution >= 4 is 17.3 Å². The van der Waals surface area contributed by atoms with E-state index in [4.69, 9.17) is 5.73 Å². The predicted molar refractivity (Wildman–Crippen MR) is 69.9 cm³/mol. The summed E-state index contributed by atoms with van der Waals surface area (Å²) in [4.78, 5) is 11.9. The normalized spacial score (nSPS) is 10.1. The van der Waals surface area contributed by atoms with E-state index in [0.29, 0.717) is 22.5 Å². The first kappa shape index (κ1) is 12.1. The van der Waals surface area contributed by atoms with Gasteiger partial charge in [-0.1, -0.05) is 6.07 Å². The highest BCUT2D eigenvalue weighted by Gasteiger charge is 2.08. The fourth-order valence-electron chi connectivity index (χ4n) is 1.61. The van der Waals surface area contributed by atoms with Gasteiger partial charge in [-0.2, -0.15) is 0 Å². The molecular formula is C14H13FN2O. The van der Waals surface area contributed by atoms with Crippen LogP contribution in [-0.4, -0.2) is 5.91 Å². The first-order valence-corrected chi connectivity index (χ1v) is 5.49. The lowest BCUT2D eigenvalue weighted by Gasteiger charge is -2.06. The molecule has 4 heteroatoms. The second kappa shape index (κ2) is 4.87. The van der Waals surface area contributed by atoms with Crippen LogP contribution in [0.2, 0.25) is 0 Å². The van der Waals surface area contributed by atoms with E-state index in [2.05, 4.69) is 5.32 Å². The van der Waals surface area contributed by atoms with Gasteiger partial charge in [-0.25, -0.2) is 4.39 Å². The average molecular weight is 244 g/mol. The molecule has 92 valence electrons. The van der Waals surface area contributed by atoms with Gasteiger partial charge in [0.2, 0.25) is 0 Å². The van der Waals surface area contributed by atoms with E-state index in [1.807, 2.05) is 0 Å². The van der Waals surface area contributed by atoms with E-state index in [1.54, 1.807) is 31.2 Å². The fraction of sp³-hybridized carbons (Fsp3) is 0.0714. The monoisotopic (exact) mass is 244 g/mol. The predicted octanol–water partition coefficient (Wildman–Crippen LogP) is 2.97. The van der Waals surface area contributed by atoms with Gasteiger partial charge < -0.3 is 11.1 Å². The van der Waals surface area contributed by atoms with E-state index < -0.39 is 0 Å². The molecule has 0 aromatic heterocycles.